The Bertz CT molecular complexity index is 965. The number of rotatable bonds is 4. The van der Waals surface area contributed by atoms with Crippen LogP contribution < -0.4 is 0 Å². The number of imidazole rings is 1. The van der Waals surface area contributed by atoms with Gasteiger partial charge in [-0.25, -0.2) is 27.7 Å². The molecule has 9 heteroatoms. The maximum atomic E-state index is 11.9. The lowest BCUT2D eigenvalue weighted by Gasteiger charge is -2.44. The van der Waals surface area contributed by atoms with E-state index in [-0.39, 0.29) is 6.04 Å². The van der Waals surface area contributed by atoms with Crippen LogP contribution >= 0.6 is 0 Å². The van der Waals surface area contributed by atoms with Gasteiger partial charge in [-0.3, -0.25) is 4.90 Å². The van der Waals surface area contributed by atoms with Gasteiger partial charge >= 0.3 is 0 Å². The zero-order valence-corrected chi connectivity index (χ0v) is 18.3. The molecule has 0 aromatic carbocycles. The van der Waals surface area contributed by atoms with Crippen molar-refractivity contribution in [2.24, 2.45) is 7.05 Å². The molecule has 2 aromatic rings. The summed E-state index contributed by atoms with van der Waals surface area (Å²) in [5.74, 6) is 1.61. The van der Waals surface area contributed by atoms with Crippen molar-refractivity contribution < 1.29 is 8.42 Å². The van der Waals surface area contributed by atoms with E-state index in [2.05, 4.69) is 20.9 Å². The third-order valence-electron chi connectivity index (χ3n) is 6.16. The van der Waals surface area contributed by atoms with E-state index in [9.17, 15) is 8.42 Å². The van der Waals surface area contributed by atoms with Crippen molar-refractivity contribution in [3.05, 3.63) is 30.0 Å². The third kappa shape index (κ3) is 4.36. The standard InChI is InChI=1S/C20H30N6O2S/c1-15-22-17(14-18(23-15)20-21-9-13-24(20)2)19-6-4-5-10-26(19)16-7-11-25(12-8-16)29(3,27)28/h9,13-14,16,19H,4-8,10-12H2,1-3H3. The van der Waals surface area contributed by atoms with Gasteiger partial charge in [-0.15, -0.1) is 0 Å². The second-order valence-corrected chi connectivity index (χ2v) is 10.2. The van der Waals surface area contributed by atoms with Gasteiger partial charge in [0, 0.05) is 38.6 Å². The summed E-state index contributed by atoms with van der Waals surface area (Å²) in [4.78, 5) is 16.4. The summed E-state index contributed by atoms with van der Waals surface area (Å²) in [7, 11) is -1.13. The molecule has 0 bridgehead atoms. The zero-order valence-electron chi connectivity index (χ0n) is 17.5. The summed E-state index contributed by atoms with van der Waals surface area (Å²) in [5, 5.41) is 0. The normalized spacial score (nSPS) is 22.8. The molecule has 2 aromatic heterocycles. The number of piperidine rings is 2. The van der Waals surface area contributed by atoms with Gasteiger partial charge in [0.25, 0.3) is 0 Å². The van der Waals surface area contributed by atoms with Crippen LogP contribution in [0.5, 0.6) is 0 Å². The van der Waals surface area contributed by atoms with E-state index in [1.807, 2.05) is 24.7 Å². The number of likely N-dealkylation sites (tertiary alicyclic amines) is 1. The van der Waals surface area contributed by atoms with E-state index in [1.54, 1.807) is 10.5 Å². The molecule has 29 heavy (non-hydrogen) atoms. The van der Waals surface area contributed by atoms with Crippen LogP contribution in [0.3, 0.4) is 0 Å². The van der Waals surface area contributed by atoms with Crippen molar-refractivity contribution in [2.75, 3.05) is 25.9 Å². The van der Waals surface area contributed by atoms with Crippen molar-refractivity contribution in [1.82, 2.24) is 28.7 Å². The van der Waals surface area contributed by atoms with E-state index >= 15 is 0 Å². The van der Waals surface area contributed by atoms with Crippen LogP contribution in [0.2, 0.25) is 0 Å². The lowest BCUT2D eigenvalue weighted by atomic mass is 9.93. The molecule has 2 aliphatic heterocycles. The van der Waals surface area contributed by atoms with E-state index in [1.165, 1.54) is 19.1 Å². The summed E-state index contributed by atoms with van der Waals surface area (Å²) >= 11 is 0. The first kappa shape index (κ1) is 20.4. The molecule has 0 N–H and O–H groups in total. The van der Waals surface area contributed by atoms with Gasteiger partial charge in [0.1, 0.15) is 11.5 Å². The first-order chi connectivity index (χ1) is 13.8. The van der Waals surface area contributed by atoms with Crippen LogP contribution in [0.15, 0.2) is 18.5 Å². The molecule has 1 unspecified atom stereocenters. The van der Waals surface area contributed by atoms with Crippen LogP contribution in [-0.2, 0) is 17.1 Å². The fourth-order valence-corrected chi connectivity index (χ4v) is 5.58. The highest BCUT2D eigenvalue weighted by Gasteiger charge is 2.34. The van der Waals surface area contributed by atoms with Gasteiger partial charge in [0.05, 0.1) is 18.0 Å². The van der Waals surface area contributed by atoms with E-state index in [0.29, 0.717) is 19.1 Å². The molecular formula is C20H30N6O2S. The van der Waals surface area contributed by atoms with Crippen molar-refractivity contribution in [2.45, 2.75) is 51.1 Å². The second-order valence-electron chi connectivity index (χ2n) is 8.23. The maximum Gasteiger partial charge on any atom is 0.211 e. The molecule has 0 radical (unpaired) electrons. The minimum Gasteiger partial charge on any atom is -0.333 e. The number of aromatic nitrogens is 4. The molecule has 1 atom stereocenters. The van der Waals surface area contributed by atoms with Gasteiger partial charge < -0.3 is 4.57 Å². The Labute approximate surface area is 173 Å². The number of hydrogen-bond acceptors (Lipinski definition) is 6. The van der Waals surface area contributed by atoms with Gasteiger partial charge in [-0.2, -0.15) is 0 Å². The molecule has 4 heterocycles. The highest BCUT2D eigenvalue weighted by molar-refractivity contribution is 7.88. The summed E-state index contributed by atoms with van der Waals surface area (Å²) in [6.45, 7) is 4.19. The van der Waals surface area contributed by atoms with E-state index in [4.69, 9.17) is 4.98 Å². The average Bonchev–Trinajstić information content (AvgIpc) is 3.13. The summed E-state index contributed by atoms with van der Waals surface area (Å²) in [6, 6.07) is 2.73. The van der Waals surface area contributed by atoms with Gasteiger partial charge in [0.2, 0.25) is 10.0 Å². The molecule has 0 aliphatic carbocycles. The van der Waals surface area contributed by atoms with Crippen molar-refractivity contribution in [3.8, 4) is 11.5 Å². The monoisotopic (exact) mass is 418 g/mol. The number of nitrogens with zero attached hydrogens (tertiary/aromatic N) is 6. The third-order valence-corrected chi connectivity index (χ3v) is 7.46. The van der Waals surface area contributed by atoms with Crippen LogP contribution in [-0.4, -0.2) is 69.1 Å². The summed E-state index contributed by atoms with van der Waals surface area (Å²) in [5.41, 5.74) is 1.91. The largest absolute Gasteiger partial charge is 0.333 e. The fourth-order valence-electron chi connectivity index (χ4n) is 4.70. The zero-order chi connectivity index (χ0) is 20.6. The lowest BCUT2D eigenvalue weighted by molar-refractivity contribution is 0.0626. The quantitative estimate of drug-likeness (QED) is 0.756. The molecule has 4 rings (SSSR count). The number of aryl methyl sites for hydroxylation is 2. The number of sulfonamides is 1. The Balaban J connectivity index is 1.58. The Hall–Kier alpha value is -1.84. The molecule has 2 saturated heterocycles. The van der Waals surface area contributed by atoms with Crippen LogP contribution in [0, 0.1) is 6.92 Å². The topological polar surface area (TPSA) is 84.2 Å². The summed E-state index contributed by atoms with van der Waals surface area (Å²) in [6.07, 6.45) is 10.2. The molecular weight excluding hydrogens is 388 g/mol. The minimum absolute atomic E-state index is 0.249. The smallest absolute Gasteiger partial charge is 0.211 e. The van der Waals surface area contributed by atoms with Gasteiger partial charge in [-0.05, 0) is 45.2 Å². The fraction of sp³-hybridized carbons (Fsp3) is 0.650. The highest BCUT2D eigenvalue weighted by Crippen LogP contribution is 2.35. The predicted molar refractivity (Wildman–Crippen MR) is 112 cm³/mol. The maximum absolute atomic E-state index is 11.9. The molecule has 158 valence electrons. The molecule has 0 saturated carbocycles. The molecule has 0 amide bonds. The second kappa shape index (κ2) is 8.12. The molecule has 2 aliphatic rings. The number of hydrogen-bond donors (Lipinski definition) is 0. The van der Waals surface area contributed by atoms with Crippen molar-refractivity contribution >= 4 is 10.0 Å². The Morgan fingerprint density at radius 1 is 1.07 bits per heavy atom. The first-order valence-electron chi connectivity index (χ1n) is 10.4. The lowest BCUT2D eigenvalue weighted by Crippen LogP contribution is -2.49. The van der Waals surface area contributed by atoms with Crippen LogP contribution in [0.25, 0.3) is 11.5 Å². The van der Waals surface area contributed by atoms with Crippen LogP contribution in [0.1, 0.15) is 49.7 Å². The molecule has 8 nitrogen and oxygen atoms in total. The highest BCUT2D eigenvalue weighted by atomic mass is 32.2. The SMILES string of the molecule is Cc1nc(-c2nccn2C)cc(C2CCCCN2C2CCN(S(C)(=O)=O)CC2)n1. The van der Waals surface area contributed by atoms with Gasteiger partial charge in [0.15, 0.2) is 5.82 Å². The average molecular weight is 419 g/mol. The van der Waals surface area contributed by atoms with Gasteiger partial charge in [-0.1, -0.05) is 6.42 Å². The Morgan fingerprint density at radius 3 is 2.48 bits per heavy atom. The summed E-state index contributed by atoms with van der Waals surface area (Å²) < 4.78 is 27.3. The van der Waals surface area contributed by atoms with E-state index < -0.39 is 10.0 Å². The first-order valence-corrected chi connectivity index (χ1v) is 12.2. The molecule has 2 fully saturated rings. The van der Waals surface area contributed by atoms with E-state index in [0.717, 1.165) is 48.8 Å². The minimum atomic E-state index is -3.10. The van der Waals surface area contributed by atoms with Crippen molar-refractivity contribution in [3.63, 3.8) is 0 Å². The van der Waals surface area contributed by atoms with Crippen LogP contribution in [0.4, 0.5) is 0 Å². The Kier molecular flexibility index (Phi) is 5.72. The Morgan fingerprint density at radius 2 is 1.83 bits per heavy atom. The molecule has 0 spiro atoms. The van der Waals surface area contributed by atoms with Crippen molar-refractivity contribution in [1.29, 1.82) is 0 Å². The predicted octanol–water partition coefficient (Wildman–Crippen LogP) is 2.14.